The number of nitrogens with zero attached hydrogens (tertiary/aromatic N) is 3. The summed E-state index contributed by atoms with van der Waals surface area (Å²) < 4.78 is 2.07. The fraction of sp³-hybridized carbons (Fsp3) is 0.600. The summed E-state index contributed by atoms with van der Waals surface area (Å²) in [6, 6.07) is 0. The zero-order valence-corrected chi connectivity index (χ0v) is 8.50. The molecule has 0 bridgehead atoms. The Bertz CT molecular complexity index is 222. The maximum atomic E-state index is 3.94. The molecular weight excluding hydrogens is 262 g/mol. The van der Waals surface area contributed by atoms with Crippen LogP contribution in [0, 0.1) is 0 Å². The van der Waals surface area contributed by atoms with Crippen LogP contribution in [-0.4, -0.2) is 14.8 Å². The van der Waals surface area contributed by atoms with Gasteiger partial charge in [0, 0.05) is 6.54 Å². The number of hydrogen-bond donors (Lipinski definition) is 0. The van der Waals surface area contributed by atoms with E-state index in [1.54, 1.807) is 6.33 Å². The van der Waals surface area contributed by atoms with Gasteiger partial charge in [0.05, 0.1) is 4.83 Å². The smallest absolute Gasteiger partial charge is 0.146 e. The first-order valence-corrected chi connectivity index (χ1v) is 3.81. The van der Waals surface area contributed by atoms with Gasteiger partial charge < -0.3 is 4.57 Å². The Morgan fingerprint density at radius 3 is 3.20 bits per heavy atom. The van der Waals surface area contributed by atoms with E-state index in [1.807, 2.05) is 0 Å². The third-order valence-corrected chi connectivity index (χ3v) is 2.42. The molecule has 2 rings (SSSR count). The number of aryl methyl sites for hydroxylation is 1. The summed E-state index contributed by atoms with van der Waals surface area (Å²) in [7, 11) is 0. The molecule has 1 atom stereocenters. The van der Waals surface area contributed by atoms with Crippen LogP contribution < -0.4 is 0 Å². The summed E-state index contributed by atoms with van der Waals surface area (Å²) in [4.78, 5) is 0.431. The van der Waals surface area contributed by atoms with Crippen LogP contribution >= 0.6 is 32.9 Å². The first kappa shape index (κ1) is 8.20. The second-order valence-electron chi connectivity index (χ2n) is 2.14. The lowest BCUT2D eigenvalue weighted by Gasteiger charge is -1.90. The highest BCUT2D eigenvalue weighted by Gasteiger charge is 2.20. The molecule has 0 saturated heterocycles. The molecule has 1 aromatic heterocycles. The minimum Gasteiger partial charge on any atom is -0.317 e. The molecule has 3 nitrogen and oxygen atoms in total. The van der Waals surface area contributed by atoms with Crippen LogP contribution in [0.2, 0.25) is 0 Å². The Morgan fingerprint density at radius 1 is 1.70 bits per heavy atom. The average molecular weight is 269 g/mol. The van der Waals surface area contributed by atoms with Crippen molar-refractivity contribution in [2.75, 3.05) is 0 Å². The third-order valence-electron chi connectivity index (χ3n) is 1.55. The molecule has 0 aliphatic carbocycles. The van der Waals surface area contributed by atoms with Crippen molar-refractivity contribution in [1.82, 2.24) is 14.8 Å². The lowest BCUT2D eigenvalue weighted by molar-refractivity contribution is 0.739. The van der Waals surface area contributed by atoms with Gasteiger partial charge >= 0.3 is 0 Å². The van der Waals surface area contributed by atoms with Crippen molar-refractivity contribution in [3.8, 4) is 0 Å². The van der Waals surface area contributed by atoms with Gasteiger partial charge in [-0.05, 0) is 6.42 Å². The van der Waals surface area contributed by atoms with Gasteiger partial charge in [0.15, 0.2) is 0 Å². The van der Waals surface area contributed by atoms with Crippen LogP contribution in [0.4, 0.5) is 0 Å². The van der Waals surface area contributed by atoms with E-state index >= 15 is 0 Å². The van der Waals surface area contributed by atoms with Crippen LogP contribution in [0.25, 0.3) is 0 Å². The van der Waals surface area contributed by atoms with Gasteiger partial charge in [0.25, 0.3) is 0 Å². The quantitative estimate of drug-likeness (QED) is 0.671. The average Bonchev–Trinajstić information content (AvgIpc) is 2.35. The highest BCUT2D eigenvalue weighted by atomic mass is 79.9. The third kappa shape index (κ3) is 1.12. The molecule has 0 saturated carbocycles. The van der Waals surface area contributed by atoms with Gasteiger partial charge in [-0.3, -0.25) is 0 Å². The number of alkyl halides is 1. The Kier molecular flexibility index (Phi) is 2.46. The zero-order valence-electron chi connectivity index (χ0n) is 5.20. The predicted octanol–water partition coefficient (Wildman–Crippen LogP) is 1.70. The van der Waals surface area contributed by atoms with Crippen molar-refractivity contribution in [3.05, 3.63) is 12.2 Å². The normalized spacial score (nSPS) is 21.9. The van der Waals surface area contributed by atoms with E-state index in [2.05, 4.69) is 30.7 Å². The van der Waals surface area contributed by atoms with Crippen LogP contribution in [0.5, 0.6) is 0 Å². The second-order valence-corrected chi connectivity index (χ2v) is 3.24. The molecule has 10 heavy (non-hydrogen) atoms. The SMILES string of the molecule is Br.Br[C@H]1CCn2cnnc21. The van der Waals surface area contributed by atoms with E-state index < -0.39 is 0 Å². The fourth-order valence-corrected chi connectivity index (χ4v) is 1.62. The highest BCUT2D eigenvalue weighted by molar-refractivity contribution is 9.09. The summed E-state index contributed by atoms with van der Waals surface area (Å²) in [5.74, 6) is 1.06. The van der Waals surface area contributed by atoms with Crippen LogP contribution in [0.3, 0.4) is 0 Å². The van der Waals surface area contributed by atoms with Gasteiger partial charge in [0.1, 0.15) is 12.2 Å². The van der Waals surface area contributed by atoms with E-state index in [1.165, 1.54) is 0 Å². The summed E-state index contributed by atoms with van der Waals surface area (Å²) >= 11 is 3.49. The lowest BCUT2D eigenvalue weighted by atomic mass is 10.4. The number of halogens is 2. The Balaban J connectivity index is 0.000000500. The monoisotopic (exact) mass is 267 g/mol. The van der Waals surface area contributed by atoms with Crippen molar-refractivity contribution in [3.63, 3.8) is 0 Å². The number of hydrogen-bond acceptors (Lipinski definition) is 2. The van der Waals surface area contributed by atoms with Crippen LogP contribution in [0.15, 0.2) is 6.33 Å². The van der Waals surface area contributed by atoms with Gasteiger partial charge in [-0.25, -0.2) is 0 Å². The highest BCUT2D eigenvalue weighted by Crippen LogP contribution is 2.30. The van der Waals surface area contributed by atoms with Gasteiger partial charge in [0.2, 0.25) is 0 Å². The minimum atomic E-state index is 0. The maximum Gasteiger partial charge on any atom is 0.146 e. The molecule has 0 N–H and O–H groups in total. The zero-order chi connectivity index (χ0) is 6.27. The van der Waals surface area contributed by atoms with E-state index in [9.17, 15) is 0 Å². The molecule has 56 valence electrons. The topological polar surface area (TPSA) is 30.7 Å². The molecule has 0 aromatic carbocycles. The molecular formula is C5H7Br2N3. The maximum absolute atomic E-state index is 3.94. The molecule has 0 unspecified atom stereocenters. The van der Waals surface area contributed by atoms with E-state index in [4.69, 9.17) is 0 Å². The van der Waals surface area contributed by atoms with E-state index in [0.29, 0.717) is 4.83 Å². The Labute approximate surface area is 77.7 Å². The number of rotatable bonds is 0. The fourth-order valence-electron chi connectivity index (χ4n) is 1.06. The molecule has 1 aliphatic rings. The number of aromatic nitrogens is 3. The van der Waals surface area contributed by atoms with Crippen molar-refractivity contribution in [2.24, 2.45) is 0 Å². The predicted molar refractivity (Wildman–Crippen MR) is 46.6 cm³/mol. The lowest BCUT2D eigenvalue weighted by Crippen LogP contribution is -1.88. The van der Waals surface area contributed by atoms with Crippen molar-refractivity contribution < 1.29 is 0 Å². The molecule has 0 radical (unpaired) electrons. The second kappa shape index (κ2) is 3.00. The Morgan fingerprint density at radius 2 is 2.50 bits per heavy atom. The first-order valence-electron chi connectivity index (χ1n) is 2.89. The van der Waals surface area contributed by atoms with Gasteiger partial charge in [-0.1, -0.05) is 15.9 Å². The molecule has 0 amide bonds. The molecule has 1 aliphatic heterocycles. The summed E-state index contributed by atoms with van der Waals surface area (Å²) in [6.07, 6.45) is 2.92. The van der Waals surface area contributed by atoms with Crippen LogP contribution in [0.1, 0.15) is 17.1 Å². The Hall–Kier alpha value is 0.100. The van der Waals surface area contributed by atoms with Gasteiger partial charge in [-0.15, -0.1) is 27.2 Å². The summed E-state index contributed by atoms with van der Waals surface area (Å²) in [6.45, 7) is 1.05. The standard InChI is InChI=1S/C5H6BrN3.BrH/c6-4-1-2-9-3-7-8-5(4)9;/h3-4H,1-2H2;1H/t4-;/m0./s1. The number of fused-ring (bicyclic) bond motifs is 1. The minimum absolute atomic E-state index is 0. The van der Waals surface area contributed by atoms with E-state index in [0.717, 1.165) is 18.8 Å². The summed E-state index contributed by atoms with van der Waals surface area (Å²) in [5.41, 5.74) is 0. The molecule has 2 heterocycles. The van der Waals surface area contributed by atoms with Gasteiger partial charge in [-0.2, -0.15) is 0 Å². The molecule has 1 aromatic rings. The molecule has 0 fully saturated rings. The largest absolute Gasteiger partial charge is 0.317 e. The van der Waals surface area contributed by atoms with Crippen LogP contribution in [-0.2, 0) is 6.54 Å². The summed E-state index contributed by atoms with van der Waals surface area (Å²) in [5, 5.41) is 7.72. The van der Waals surface area contributed by atoms with Crippen molar-refractivity contribution >= 4 is 32.9 Å². The first-order chi connectivity index (χ1) is 4.38. The molecule has 0 spiro atoms. The van der Waals surface area contributed by atoms with Crippen molar-refractivity contribution in [1.29, 1.82) is 0 Å². The van der Waals surface area contributed by atoms with Crippen molar-refractivity contribution in [2.45, 2.75) is 17.8 Å². The van der Waals surface area contributed by atoms with E-state index in [-0.39, 0.29) is 17.0 Å². The molecule has 5 heteroatoms.